The van der Waals surface area contributed by atoms with Gasteiger partial charge in [0, 0.05) is 37.1 Å². The number of nitrogens with one attached hydrogen (secondary N) is 1. The van der Waals surface area contributed by atoms with E-state index in [1.807, 2.05) is 10.8 Å². The van der Waals surface area contributed by atoms with Crippen LogP contribution in [0.1, 0.15) is 16.9 Å². The molecule has 3 aromatic rings. The molecule has 0 bridgehead atoms. The molecule has 0 saturated carbocycles. The number of nitrogens with zero attached hydrogens (tertiary/aromatic N) is 3. The van der Waals surface area contributed by atoms with Crippen molar-refractivity contribution in [1.29, 1.82) is 0 Å². The van der Waals surface area contributed by atoms with E-state index in [0.29, 0.717) is 17.9 Å². The van der Waals surface area contributed by atoms with Gasteiger partial charge in [-0.1, -0.05) is 17.3 Å². The summed E-state index contributed by atoms with van der Waals surface area (Å²) in [6.45, 7) is 1.28. The van der Waals surface area contributed by atoms with Gasteiger partial charge in [0.05, 0.1) is 6.33 Å². The molecule has 1 amide bonds. The van der Waals surface area contributed by atoms with E-state index in [0.717, 1.165) is 13.0 Å². The fourth-order valence-corrected chi connectivity index (χ4v) is 2.13. The first-order valence-corrected chi connectivity index (χ1v) is 7.19. The summed E-state index contributed by atoms with van der Waals surface area (Å²) in [6.07, 6.45) is 6.08. The van der Waals surface area contributed by atoms with Crippen LogP contribution in [0.25, 0.3) is 11.3 Å². The van der Waals surface area contributed by atoms with Gasteiger partial charge in [0.15, 0.2) is 11.5 Å². The first kappa shape index (κ1) is 15.0. The summed E-state index contributed by atoms with van der Waals surface area (Å²) in [5, 5.41) is 6.49. The Bertz CT molecular complexity index is 783. The number of aromatic nitrogens is 3. The van der Waals surface area contributed by atoms with Gasteiger partial charge in [-0.25, -0.2) is 9.37 Å². The van der Waals surface area contributed by atoms with E-state index >= 15 is 0 Å². The predicted molar refractivity (Wildman–Crippen MR) is 81.1 cm³/mol. The van der Waals surface area contributed by atoms with Gasteiger partial charge in [0.2, 0.25) is 0 Å². The maximum absolute atomic E-state index is 13.2. The van der Waals surface area contributed by atoms with Gasteiger partial charge in [-0.2, -0.15) is 0 Å². The molecule has 1 N–H and O–H groups in total. The fourth-order valence-electron chi connectivity index (χ4n) is 2.13. The average Bonchev–Trinajstić information content (AvgIpc) is 3.23. The SMILES string of the molecule is O=C(NCCCn1ccnc1)c1cc(-c2cccc(F)c2)on1. The molecule has 2 aromatic heterocycles. The van der Waals surface area contributed by atoms with Gasteiger partial charge in [0.25, 0.3) is 5.91 Å². The fraction of sp³-hybridized carbons (Fsp3) is 0.188. The molecule has 0 unspecified atom stereocenters. The molecule has 7 heteroatoms. The van der Waals surface area contributed by atoms with Gasteiger partial charge < -0.3 is 14.4 Å². The van der Waals surface area contributed by atoms with Crippen molar-refractivity contribution in [3.05, 3.63) is 60.6 Å². The minimum Gasteiger partial charge on any atom is -0.355 e. The van der Waals surface area contributed by atoms with Gasteiger partial charge in [0.1, 0.15) is 5.82 Å². The van der Waals surface area contributed by atoms with Gasteiger partial charge >= 0.3 is 0 Å². The quantitative estimate of drug-likeness (QED) is 0.710. The lowest BCUT2D eigenvalue weighted by molar-refractivity contribution is 0.0944. The number of rotatable bonds is 6. The third kappa shape index (κ3) is 3.82. The molecule has 0 aliphatic carbocycles. The number of carbonyl (C=O) groups is 1. The highest BCUT2D eigenvalue weighted by Crippen LogP contribution is 2.20. The molecule has 0 atom stereocenters. The molecule has 118 valence electrons. The Morgan fingerprint density at radius 1 is 1.35 bits per heavy atom. The number of amides is 1. The minimum atomic E-state index is -0.371. The van der Waals surface area contributed by atoms with Crippen LogP contribution in [0, 0.1) is 5.82 Å². The van der Waals surface area contributed by atoms with Crippen molar-refractivity contribution < 1.29 is 13.7 Å². The van der Waals surface area contributed by atoms with Crippen LogP contribution in [0.5, 0.6) is 0 Å². The largest absolute Gasteiger partial charge is 0.355 e. The van der Waals surface area contributed by atoms with Gasteiger partial charge in [-0.3, -0.25) is 4.79 Å². The van der Waals surface area contributed by atoms with E-state index in [1.54, 1.807) is 24.7 Å². The monoisotopic (exact) mass is 314 g/mol. The Balaban J connectivity index is 1.54. The zero-order valence-electron chi connectivity index (χ0n) is 12.3. The molecule has 0 spiro atoms. The Kier molecular flexibility index (Phi) is 4.46. The topological polar surface area (TPSA) is 73.0 Å². The van der Waals surface area contributed by atoms with Gasteiger partial charge in [-0.05, 0) is 18.6 Å². The smallest absolute Gasteiger partial charge is 0.273 e. The molecule has 0 radical (unpaired) electrons. The second-order valence-corrected chi connectivity index (χ2v) is 5.00. The lowest BCUT2D eigenvalue weighted by Crippen LogP contribution is -2.25. The van der Waals surface area contributed by atoms with E-state index in [9.17, 15) is 9.18 Å². The summed E-state index contributed by atoms with van der Waals surface area (Å²) < 4.78 is 20.2. The van der Waals surface area contributed by atoms with Crippen molar-refractivity contribution in [3.63, 3.8) is 0 Å². The van der Waals surface area contributed by atoms with Crippen LogP contribution in [-0.2, 0) is 6.54 Å². The van der Waals surface area contributed by atoms with Crippen LogP contribution in [0.3, 0.4) is 0 Å². The summed E-state index contributed by atoms with van der Waals surface area (Å²) in [5.74, 6) is -0.334. The molecule has 2 heterocycles. The van der Waals surface area contributed by atoms with E-state index in [-0.39, 0.29) is 17.4 Å². The maximum Gasteiger partial charge on any atom is 0.273 e. The second kappa shape index (κ2) is 6.87. The van der Waals surface area contributed by atoms with Crippen molar-refractivity contribution in [2.24, 2.45) is 0 Å². The van der Waals surface area contributed by atoms with Gasteiger partial charge in [-0.15, -0.1) is 0 Å². The summed E-state index contributed by atoms with van der Waals surface area (Å²) in [5.41, 5.74) is 0.712. The van der Waals surface area contributed by atoms with Crippen molar-refractivity contribution in [1.82, 2.24) is 20.0 Å². The van der Waals surface area contributed by atoms with E-state index in [4.69, 9.17) is 4.52 Å². The van der Waals surface area contributed by atoms with Crippen LogP contribution in [0.15, 0.2) is 53.6 Å². The van der Waals surface area contributed by atoms with Crippen LogP contribution in [0.4, 0.5) is 4.39 Å². The average molecular weight is 314 g/mol. The van der Waals surface area contributed by atoms with Crippen LogP contribution in [0.2, 0.25) is 0 Å². The van der Waals surface area contributed by atoms with E-state index in [2.05, 4.69) is 15.5 Å². The second-order valence-electron chi connectivity index (χ2n) is 5.00. The number of imidazole rings is 1. The highest BCUT2D eigenvalue weighted by molar-refractivity contribution is 5.93. The van der Waals surface area contributed by atoms with Crippen LogP contribution >= 0.6 is 0 Å². The number of hydrogen-bond acceptors (Lipinski definition) is 4. The molecule has 23 heavy (non-hydrogen) atoms. The Hall–Kier alpha value is -2.96. The predicted octanol–water partition coefficient (Wildman–Crippen LogP) is 2.50. The van der Waals surface area contributed by atoms with E-state index < -0.39 is 0 Å². The summed E-state index contributed by atoms with van der Waals surface area (Å²) >= 11 is 0. The minimum absolute atomic E-state index is 0.173. The number of benzene rings is 1. The first-order valence-electron chi connectivity index (χ1n) is 7.19. The third-order valence-electron chi connectivity index (χ3n) is 3.29. The zero-order chi connectivity index (χ0) is 16.1. The van der Waals surface area contributed by atoms with Crippen LogP contribution < -0.4 is 5.32 Å². The van der Waals surface area contributed by atoms with Crippen molar-refractivity contribution >= 4 is 5.91 Å². The first-order chi connectivity index (χ1) is 11.2. The summed E-state index contributed by atoms with van der Waals surface area (Å²) in [7, 11) is 0. The lowest BCUT2D eigenvalue weighted by atomic mass is 10.1. The van der Waals surface area contributed by atoms with Crippen molar-refractivity contribution in [3.8, 4) is 11.3 Å². The Morgan fingerprint density at radius 2 is 2.26 bits per heavy atom. The molecular formula is C16H15FN4O2. The molecular weight excluding hydrogens is 299 g/mol. The molecule has 0 aliphatic heterocycles. The zero-order valence-corrected chi connectivity index (χ0v) is 12.3. The lowest BCUT2D eigenvalue weighted by Gasteiger charge is -2.03. The normalized spacial score (nSPS) is 10.7. The molecule has 6 nitrogen and oxygen atoms in total. The molecule has 0 aliphatic rings. The Morgan fingerprint density at radius 3 is 3.04 bits per heavy atom. The summed E-state index contributed by atoms with van der Waals surface area (Å²) in [6, 6.07) is 7.43. The third-order valence-corrected chi connectivity index (χ3v) is 3.29. The maximum atomic E-state index is 13.2. The molecule has 0 saturated heterocycles. The Labute approximate surface area is 131 Å². The van der Waals surface area contributed by atoms with Crippen molar-refractivity contribution in [2.75, 3.05) is 6.54 Å². The number of hydrogen-bond donors (Lipinski definition) is 1. The molecule has 0 fully saturated rings. The number of aryl methyl sites for hydroxylation is 1. The standard InChI is InChI=1S/C16H15FN4O2/c17-13-4-1-3-12(9-13)15-10-14(20-23-15)16(22)19-5-2-7-21-8-6-18-11-21/h1,3-4,6,8-11H,2,5,7H2,(H,19,22). The molecule has 1 aromatic carbocycles. The molecule has 3 rings (SSSR count). The van der Waals surface area contributed by atoms with E-state index in [1.165, 1.54) is 18.2 Å². The number of halogens is 1. The number of carbonyl (C=O) groups excluding carboxylic acids is 1. The van der Waals surface area contributed by atoms with Crippen LogP contribution in [-0.4, -0.2) is 27.2 Å². The highest BCUT2D eigenvalue weighted by Gasteiger charge is 2.13. The van der Waals surface area contributed by atoms with Crippen molar-refractivity contribution in [2.45, 2.75) is 13.0 Å². The highest BCUT2D eigenvalue weighted by atomic mass is 19.1. The summed E-state index contributed by atoms with van der Waals surface area (Å²) in [4.78, 5) is 15.9.